The average Bonchev–Trinajstić information content (AvgIpc) is 2.56. The highest BCUT2D eigenvalue weighted by atomic mass is 16.5. The Morgan fingerprint density at radius 1 is 1.43 bits per heavy atom. The van der Waals surface area contributed by atoms with Crippen LogP contribution in [0.5, 0.6) is 0 Å². The van der Waals surface area contributed by atoms with E-state index in [0.717, 1.165) is 41.4 Å². The Kier molecular flexibility index (Phi) is 4.57. The van der Waals surface area contributed by atoms with Crippen molar-refractivity contribution in [1.29, 1.82) is 5.26 Å². The van der Waals surface area contributed by atoms with Crippen LogP contribution in [-0.2, 0) is 17.6 Å². The molecule has 0 saturated carbocycles. The highest BCUT2D eigenvalue weighted by molar-refractivity contribution is 6.05. The summed E-state index contributed by atoms with van der Waals surface area (Å²) in [7, 11) is 0. The fraction of sp³-hybridized carbons (Fsp3) is 0.421. The molecule has 1 aromatic carbocycles. The molecule has 1 heterocycles. The first-order valence-electron chi connectivity index (χ1n) is 8.15. The number of fused-ring (bicyclic) bond motifs is 2. The molecule has 0 amide bonds. The van der Waals surface area contributed by atoms with E-state index in [0.29, 0.717) is 24.3 Å². The van der Waals surface area contributed by atoms with Gasteiger partial charge in [-0.3, -0.25) is 4.98 Å². The normalized spacial score (nSPS) is 16.6. The molecule has 0 N–H and O–H groups in total. The molecule has 2 aromatic rings. The van der Waals surface area contributed by atoms with Crippen molar-refractivity contribution in [3.63, 3.8) is 0 Å². The van der Waals surface area contributed by atoms with Gasteiger partial charge in [0, 0.05) is 17.5 Å². The number of benzene rings is 1. The first-order chi connectivity index (χ1) is 11.2. The molecule has 0 bridgehead atoms. The summed E-state index contributed by atoms with van der Waals surface area (Å²) >= 11 is 0. The lowest BCUT2D eigenvalue weighted by Gasteiger charge is -2.24. The summed E-state index contributed by atoms with van der Waals surface area (Å²) in [6.07, 6.45) is 3.87. The maximum Gasteiger partial charge on any atom is 0.339 e. The van der Waals surface area contributed by atoms with E-state index in [1.165, 1.54) is 0 Å². The molecule has 0 spiro atoms. The summed E-state index contributed by atoms with van der Waals surface area (Å²) < 4.78 is 5.42. The van der Waals surface area contributed by atoms with E-state index in [1.54, 1.807) is 0 Å². The van der Waals surface area contributed by atoms with Gasteiger partial charge in [0.2, 0.25) is 0 Å². The van der Waals surface area contributed by atoms with Crippen molar-refractivity contribution in [2.75, 3.05) is 6.61 Å². The quantitative estimate of drug-likeness (QED) is 0.636. The van der Waals surface area contributed by atoms with Crippen molar-refractivity contribution >= 4 is 16.9 Å². The number of nitriles is 1. The number of hydrogen-bond acceptors (Lipinski definition) is 4. The van der Waals surface area contributed by atoms with E-state index in [2.05, 4.69) is 13.0 Å². The van der Waals surface area contributed by atoms with Crippen molar-refractivity contribution in [3.8, 4) is 6.07 Å². The molecule has 23 heavy (non-hydrogen) atoms. The van der Waals surface area contributed by atoms with E-state index in [-0.39, 0.29) is 12.6 Å². The van der Waals surface area contributed by atoms with Crippen LogP contribution in [-0.4, -0.2) is 17.6 Å². The summed E-state index contributed by atoms with van der Waals surface area (Å²) in [5.74, 6) is 0.266. The zero-order valence-electron chi connectivity index (χ0n) is 13.3. The first kappa shape index (κ1) is 15.5. The molecule has 0 aliphatic heterocycles. The van der Waals surface area contributed by atoms with Crippen LogP contribution in [0.25, 0.3) is 10.9 Å². The van der Waals surface area contributed by atoms with Gasteiger partial charge in [0.1, 0.15) is 0 Å². The summed E-state index contributed by atoms with van der Waals surface area (Å²) in [5.41, 5.74) is 3.61. The first-order valence-corrected chi connectivity index (χ1v) is 8.15. The van der Waals surface area contributed by atoms with E-state index >= 15 is 0 Å². The highest BCUT2D eigenvalue weighted by Gasteiger charge is 2.25. The minimum absolute atomic E-state index is 0.285. The van der Waals surface area contributed by atoms with Crippen LogP contribution in [0.3, 0.4) is 0 Å². The molecule has 3 rings (SSSR count). The van der Waals surface area contributed by atoms with Crippen LogP contribution in [0.2, 0.25) is 0 Å². The van der Waals surface area contributed by atoms with Gasteiger partial charge in [-0.1, -0.05) is 25.1 Å². The van der Waals surface area contributed by atoms with Crippen LogP contribution in [0, 0.1) is 17.2 Å². The molecule has 4 heteroatoms. The topological polar surface area (TPSA) is 63.0 Å². The zero-order valence-corrected chi connectivity index (χ0v) is 13.3. The van der Waals surface area contributed by atoms with Crippen LogP contribution < -0.4 is 0 Å². The standard InChI is InChI=1S/C19H20N2O2/c1-13-8-9-17-15(12-13)18(19(22)23-11-5-4-10-20)14-6-2-3-7-16(14)21-17/h2-3,6-7,13H,4-5,8-9,11-12H2,1H3. The zero-order chi connectivity index (χ0) is 16.2. The van der Waals surface area contributed by atoms with Gasteiger partial charge in [0.05, 0.1) is 23.8 Å². The van der Waals surface area contributed by atoms with Gasteiger partial charge in [0.15, 0.2) is 0 Å². The Balaban J connectivity index is 2.01. The maximum atomic E-state index is 12.7. The second-order valence-corrected chi connectivity index (χ2v) is 6.17. The number of para-hydroxylation sites is 1. The molecule has 1 atom stereocenters. The SMILES string of the molecule is CC1CCc2nc3ccccc3c(C(=O)OCCCC#N)c2C1. The van der Waals surface area contributed by atoms with Crippen molar-refractivity contribution in [2.45, 2.75) is 39.0 Å². The molecule has 118 valence electrons. The minimum atomic E-state index is -0.285. The lowest BCUT2D eigenvalue weighted by Crippen LogP contribution is -2.19. The molecule has 1 unspecified atom stereocenters. The number of aromatic nitrogens is 1. The number of unbranched alkanes of at least 4 members (excludes halogenated alkanes) is 1. The van der Waals surface area contributed by atoms with Crippen molar-refractivity contribution < 1.29 is 9.53 Å². The minimum Gasteiger partial charge on any atom is -0.462 e. The molecular weight excluding hydrogens is 288 g/mol. The molecule has 4 nitrogen and oxygen atoms in total. The summed E-state index contributed by atoms with van der Waals surface area (Å²) in [4.78, 5) is 17.4. The smallest absolute Gasteiger partial charge is 0.339 e. The second-order valence-electron chi connectivity index (χ2n) is 6.17. The predicted molar refractivity (Wildman–Crippen MR) is 88.1 cm³/mol. The summed E-state index contributed by atoms with van der Waals surface area (Å²) in [6, 6.07) is 9.81. The number of carbonyl (C=O) groups is 1. The van der Waals surface area contributed by atoms with Gasteiger partial charge in [-0.25, -0.2) is 4.79 Å². The average molecular weight is 308 g/mol. The number of esters is 1. The number of nitrogens with zero attached hydrogens (tertiary/aromatic N) is 2. The van der Waals surface area contributed by atoms with E-state index in [1.807, 2.05) is 24.3 Å². The van der Waals surface area contributed by atoms with Gasteiger partial charge in [-0.05, 0) is 43.2 Å². The fourth-order valence-electron chi connectivity index (χ4n) is 3.18. The number of aryl methyl sites for hydroxylation is 1. The van der Waals surface area contributed by atoms with E-state index < -0.39 is 0 Å². The Morgan fingerprint density at radius 3 is 3.09 bits per heavy atom. The Morgan fingerprint density at radius 2 is 2.26 bits per heavy atom. The number of carbonyl (C=O) groups excluding carboxylic acids is 1. The van der Waals surface area contributed by atoms with Gasteiger partial charge < -0.3 is 4.74 Å². The van der Waals surface area contributed by atoms with Crippen LogP contribution in [0.15, 0.2) is 24.3 Å². The van der Waals surface area contributed by atoms with Crippen LogP contribution >= 0.6 is 0 Å². The summed E-state index contributed by atoms with van der Waals surface area (Å²) in [6.45, 7) is 2.49. The van der Waals surface area contributed by atoms with Crippen LogP contribution in [0.4, 0.5) is 0 Å². The van der Waals surface area contributed by atoms with E-state index in [4.69, 9.17) is 15.0 Å². The largest absolute Gasteiger partial charge is 0.462 e. The highest BCUT2D eigenvalue weighted by Crippen LogP contribution is 2.31. The summed E-state index contributed by atoms with van der Waals surface area (Å²) in [5, 5.41) is 9.44. The molecule has 1 aromatic heterocycles. The monoisotopic (exact) mass is 308 g/mol. The van der Waals surface area contributed by atoms with Gasteiger partial charge in [0.25, 0.3) is 0 Å². The number of hydrogen-bond donors (Lipinski definition) is 0. The van der Waals surface area contributed by atoms with Gasteiger partial charge >= 0.3 is 5.97 Å². The fourth-order valence-corrected chi connectivity index (χ4v) is 3.18. The lowest BCUT2D eigenvalue weighted by molar-refractivity contribution is 0.0502. The van der Waals surface area contributed by atoms with Crippen molar-refractivity contribution in [2.24, 2.45) is 5.92 Å². The third kappa shape index (κ3) is 3.19. The van der Waals surface area contributed by atoms with Crippen LogP contribution in [0.1, 0.15) is 47.8 Å². The molecule has 0 saturated heterocycles. The van der Waals surface area contributed by atoms with Crippen molar-refractivity contribution in [3.05, 3.63) is 41.1 Å². The van der Waals surface area contributed by atoms with Gasteiger partial charge in [-0.2, -0.15) is 5.26 Å². The van der Waals surface area contributed by atoms with E-state index in [9.17, 15) is 4.79 Å². The Bertz CT molecular complexity index is 777. The Labute approximate surface area is 136 Å². The predicted octanol–water partition coefficient (Wildman–Crippen LogP) is 3.82. The molecule has 0 radical (unpaired) electrons. The number of rotatable bonds is 4. The Hall–Kier alpha value is -2.41. The second kappa shape index (κ2) is 6.78. The van der Waals surface area contributed by atoms with Gasteiger partial charge in [-0.15, -0.1) is 0 Å². The third-order valence-electron chi connectivity index (χ3n) is 4.38. The third-order valence-corrected chi connectivity index (χ3v) is 4.38. The number of ether oxygens (including phenoxy) is 1. The molecule has 0 fully saturated rings. The van der Waals surface area contributed by atoms with Crippen molar-refractivity contribution in [1.82, 2.24) is 4.98 Å². The lowest BCUT2D eigenvalue weighted by atomic mass is 9.84. The molecule has 1 aliphatic rings. The number of pyridine rings is 1. The molecule has 1 aliphatic carbocycles. The maximum absolute atomic E-state index is 12.7. The molecular formula is C19H20N2O2.